The topological polar surface area (TPSA) is 50.4 Å². The predicted molar refractivity (Wildman–Crippen MR) is 62.2 cm³/mol. The highest BCUT2D eigenvalue weighted by atomic mass is 16.5. The third-order valence-electron chi connectivity index (χ3n) is 3.92. The zero-order valence-corrected chi connectivity index (χ0v) is 10.2. The lowest BCUT2D eigenvalue weighted by Crippen LogP contribution is -2.53. The highest BCUT2D eigenvalue weighted by molar-refractivity contribution is 5.86. The van der Waals surface area contributed by atoms with E-state index in [1.54, 1.807) is 7.11 Å². The van der Waals surface area contributed by atoms with Crippen molar-refractivity contribution in [2.24, 2.45) is 0 Å². The number of methoxy groups -OCH3 is 1. The van der Waals surface area contributed by atoms with Crippen LogP contribution >= 0.6 is 0 Å². The summed E-state index contributed by atoms with van der Waals surface area (Å²) in [6.07, 6.45) is 5.42. The van der Waals surface area contributed by atoms with E-state index in [9.17, 15) is 4.79 Å². The molecule has 3 unspecified atom stereocenters. The molecule has 1 aliphatic heterocycles. The van der Waals surface area contributed by atoms with E-state index < -0.39 is 0 Å². The van der Waals surface area contributed by atoms with Gasteiger partial charge in [0.15, 0.2) is 0 Å². The van der Waals surface area contributed by atoms with E-state index >= 15 is 0 Å². The molecule has 1 heterocycles. The second-order valence-corrected chi connectivity index (χ2v) is 5.20. The summed E-state index contributed by atoms with van der Waals surface area (Å²) >= 11 is 0. The number of hydrogen-bond acceptors (Lipinski definition) is 3. The van der Waals surface area contributed by atoms with Crippen LogP contribution in [0.3, 0.4) is 0 Å². The van der Waals surface area contributed by atoms with Gasteiger partial charge in [0.2, 0.25) is 5.91 Å². The molecule has 4 heteroatoms. The fraction of sp³-hybridized carbons (Fsp3) is 0.917. The fourth-order valence-corrected chi connectivity index (χ4v) is 2.72. The van der Waals surface area contributed by atoms with Crippen molar-refractivity contribution in [1.82, 2.24) is 10.6 Å². The molecule has 0 spiro atoms. The van der Waals surface area contributed by atoms with Gasteiger partial charge in [0, 0.05) is 13.2 Å². The largest absolute Gasteiger partial charge is 0.381 e. The molecule has 1 amide bonds. The van der Waals surface area contributed by atoms with E-state index in [1.807, 2.05) is 6.92 Å². The van der Waals surface area contributed by atoms with Crippen molar-refractivity contribution in [2.75, 3.05) is 13.7 Å². The average Bonchev–Trinajstić information content (AvgIpc) is 2.88. The summed E-state index contributed by atoms with van der Waals surface area (Å²) in [5, 5.41) is 6.43. The van der Waals surface area contributed by atoms with E-state index in [2.05, 4.69) is 10.6 Å². The van der Waals surface area contributed by atoms with Crippen LogP contribution in [-0.2, 0) is 9.53 Å². The SMILES string of the molecule is COC1CCC(NC(=O)C2(C)CCCN2)C1. The van der Waals surface area contributed by atoms with Crippen molar-refractivity contribution in [3.05, 3.63) is 0 Å². The Hall–Kier alpha value is -0.610. The van der Waals surface area contributed by atoms with Crippen LogP contribution in [0.1, 0.15) is 39.0 Å². The standard InChI is InChI=1S/C12H22N2O2/c1-12(6-3-7-13-12)11(15)14-9-4-5-10(8-9)16-2/h9-10,13H,3-8H2,1-2H3,(H,14,15). The van der Waals surface area contributed by atoms with Gasteiger partial charge >= 0.3 is 0 Å². The quantitative estimate of drug-likeness (QED) is 0.749. The predicted octanol–water partition coefficient (Wildman–Crippen LogP) is 0.812. The summed E-state index contributed by atoms with van der Waals surface area (Å²) < 4.78 is 5.31. The van der Waals surface area contributed by atoms with Gasteiger partial charge in [-0.2, -0.15) is 0 Å². The lowest BCUT2D eigenvalue weighted by atomic mass is 9.99. The molecule has 1 saturated carbocycles. The normalized spacial score (nSPS) is 38.9. The Morgan fingerprint density at radius 2 is 2.31 bits per heavy atom. The molecule has 0 radical (unpaired) electrons. The number of carbonyl (C=O) groups is 1. The maximum Gasteiger partial charge on any atom is 0.240 e. The molecular weight excluding hydrogens is 204 g/mol. The maximum absolute atomic E-state index is 12.1. The van der Waals surface area contributed by atoms with E-state index in [0.717, 1.165) is 38.6 Å². The third kappa shape index (κ3) is 2.38. The van der Waals surface area contributed by atoms with Gasteiger partial charge in [0.1, 0.15) is 0 Å². The van der Waals surface area contributed by atoms with Crippen LogP contribution in [0.15, 0.2) is 0 Å². The van der Waals surface area contributed by atoms with E-state index in [-0.39, 0.29) is 11.4 Å². The second-order valence-electron chi connectivity index (χ2n) is 5.20. The molecule has 0 bridgehead atoms. The highest BCUT2D eigenvalue weighted by Crippen LogP contribution is 2.24. The lowest BCUT2D eigenvalue weighted by molar-refractivity contribution is -0.127. The zero-order valence-electron chi connectivity index (χ0n) is 10.2. The summed E-state index contributed by atoms with van der Waals surface area (Å²) in [5.74, 6) is 0.159. The van der Waals surface area contributed by atoms with Gasteiger partial charge < -0.3 is 15.4 Å². The van der Waals surface area contributed by atoms with E-state index in [1.165, 1.54) is 0 Å². The van der Waals surface area contributed by atoms with Gasteiger partial charge in [0.25, 0.3) is 0 Å². The van der Waals surface area contributed by atoms with Gasteiger partial charge in [-0.15, -0.1) is 0 Å². The van der Waals surface area contributed by atoms with Crippen LogP contribution in [0.4, 0.5) is 0 Å². The minimum atomic E-state index is -0.342. The first-order chi connectivity index (χ1) is 7.64. The van der Waals surface area contributed by atoms with Crippen molar-refractivity contribution >= 4 is 5.91 Å². The molecule has 2 fully saturated rings. The number of ether oxygens (including phenoxy) is 1. The van der Waals surface area contributed by atoms with Gasteiger partial charge in [-0.3, -0.25) is 4.79 Å². The molecule has 2 N–H and O–H groups in total. The lowest BCUT2D eigenvalue weighted by Gasteiger charge is -2.25. The molecule has 16 heavy (non-hydrogen) atoms. The Morgan fingerprint density at radius 1 is 1.50 bits per heavy atom. The van der Waals surface area contributed by atoms with Crippen LogP contribution < -0.4 is 10.6 Å². The Kier molecular flexibility index (Phi) is 3.50. The van der Waals surface area contributed by atoms with Crippen LogP contribution in [0.2, 0.25) is 0 Å². The van der Waals surface area contributed by atoms with Crippen LogP contribution in [0.25, 0.3) is 0 Å². The van der Waals surface area contributed by atoms with Crippen molar-refractivity contribution in [3.63, 3.8) is 0 Å². The van der Waals surface area contributed by atoms with Gasteiger partial charge in [-0.05, 0) is 45.6 Å². The third-order valence-corrected chi connectivity index (χ3v) is 3.92. The molecule has 2 aliphatic rings. The molecule has 0 aromatic carbocycles. The molecule has 92 valence electrons. The maximum atomic E-state index is 12.1. The Bertz CT molecular complexity index is 262. The van der Waals surface area contributed by atoms with Gasteiger partial charge in [-0.25, -0.2) is 0 Å². The first-order valence-electron chi connectivity index (χ1n) is 6.23. The number of amides is 1. The number of carbonyl (C=O) groups excluding carboxylic acids is 1. The molecule has 1 saturated heterocycles. The molecule has 0 aromatic heterocycles. The zero-order chi connectivity index (χ0) is 11.6. The smallest absolute Gasteiger partial charge is 0.240 e. The number of nitrogens with one attached hydrogen (secondary N) is 2. The van der Waals surface area contributed by atoms with Gasteiger partial charge in [-0.1, -0.05) is 0 Å². The summed E-state index contributed by atoms with van der Waals surface area (Å²) in [5.41, 5.74) is -0.342. The van der Waals surface area contributed by atoms with E-state index in [0.29, 0.717) is 12.1 Å². The summed E-state index contributed by atoms with van der Waals surface area (Å²) in [4.78, 5) is 12.1. The minimum absolute atomic E-state index is 0.159. The molecule has 4 nitrogen and oxygen atoms in total. The van der Waals surface area contributed by atoms with Crippen molar-refractivity contribution in [3.8, 4) is 0 Å². The number of hydrogen-bond donors (Lipinski definition) is 2. The molecule has 0 aromatic rings. The highest BCUT2D eigenvalue weighted by Gasteiger charge is 2.37. The molecule has 2 rings (SSSR count). The van der Waals surface area contributed by atoms with Crippen molar-refractivity contribution in [1.29, 1.82) is 0 Å². The first-order valence-corrected chi connectivity index (χ1v) is 6.23. The van der Waals surface area contributed by atoms with E-state index in [4.69, 9.17) is 4.74 Å². The summed E-state index contributed by atoms with van der Waals surface area (Å²) in [7, 11) is 1.74. The number of rotatable bonds is 3. The van der Waals surface area contributed by atoms with Crippen LogP contribution in [0.5, 0.6) is 0 Å². The first kappa shape index (κ1) is 11.9. The van der Waals surface area contributed by atoms with Crippen molar-refractivity contribution in [2.45, 2.75) is 56.7 Å². The molecule has 1 aliphatic carbocycles. The average molecular weight is 226 g/mol. The van der Waals surface area contributed by atoms with Crippen LogP contribution in [-0.4, -0.2) is 37.2 Å². The second kappa shape index (κ2) is 4.72. The van der Waals surface area contributed by atoms with Crippen molar-refractivity contribution < 1.29 is 9.53 Å². The summed E-state index contributed by atoms with van der Waals surface area (Å²) in [6.45, 7) is 2.95. The molecule has 3 atom stereocenters. The van der Waals surface area contributed by atoms with Crippen LogP contribution in [0, 0.1) is 0 Å². The van der Waals surface area contributed by atoms with Gasteiger partial charge in [0.05, 0.1) is 11.6 Å². The Morgan fingerprint density at radius 3 is 2.88 bits per heavy atom. The fourth-order valence-electron chi connectivity index (χ4n) is 2.72. The summed E-state index contributed by atoms with van der Waals surface area (Å²) in [6, 6.07) is 0.302. The monoisotopic (exact) mass is 226 g/mol. The minimum Gasteiger partial charge on any atom is -0.381 e. The molecular formula is C12H22N2O2. The Labute approximate surface area is 97.1 Å². The Balaban J connectivity index is 1.83.